The summed E-state index contributed by atoms with van der Waals surface area (Å²) < 4.78 is 23.9. The first kappa shape index (κ1) is 12.6. The Morgan fingerprint density at radius 2 is 2.25 bits per heavy atom. The Hall–Kier alpha value is 0.175. The summed E-state index contributed by atoms with van der Waals surface area (Å²) in [5.41, 5.74) is -0.259. The van der Waals surface area contributed by atoms with E-state index < -0.39 is 7.29 Å². The summed E-state index contributed by atoms with van der Waals surface area (Å²) in [5, 5.41) is 3.29. The molecule has 16 heavy (non-hydrogen) atoms. The lowest BCUT2D eigenvalue weighted by Crippen LogP contribution is -2.47. The molecular formula is C10H21BNO3P. The lowest BCUT2D eigenvalue weighted by Gasteiger charge is -2.31. The summed E-state index contributed by atoms with van der Waals surface area (Å²) in [6, 6.07) is 0.186. The zero-order valence-corrected chi connectivity index (χ0v) is 11.4. The van der Waals surface area contributed by atoms with Crippen molar-refractivity contribution in [2.75, 3.05) is 19.4 Å². The molecule has 2 saturated heterocycles. The van der Waals surface area contributed by atoms with Gasteiger partial charge in [0.25, 0.3) is 0 Å². The molecule has 0 spiro atoms. The van der Waals surface area contributed by atoms with Crippen LogP contribution in [0.3, 0.4) is 0 Å². The normalized spacial score (nSPS) is 45.8. The van der Waals surface area contributed by atoms with Crippen molar-refractivity contribution in [2.45, 2.75) is 44.0 Å². The zero-order valence-electron chi connectivity index (χ0n) is 10.5. The highest BCUT2D eigenvalue weighted by molar-refractivity contribution is 7.61. The Balaban J connectivity index is 2.18. The molecular weight excluding hydrogens is 224 g/mol. The molecule has 0 aromatic heterocycles. The third-order valence-electron chi connectivity index (χ3n) is 3.91. The highest BCUT2D eigenvalue weighted by Crippen LogP contribution is 2.46. The zero-order chi connectivity index (χ0) is 12.0. The standard InChI is InChI=1S/C10H21BNO3P/c1-4-10-6-14-7(9(11)15-10)8(10)12-16(3,13)5-2/h7-9H,4-6,11H2,1-3H3,(H,12,13)/t7-,8?,9+,10-,16?/m0/s1. The Labute approximate surface area is 98.3 Å². The number of fused-ring (bicyclic) bond motifs is 2. The molecule has 2 fully saturated rings. The molecule has 0 aromatic carbocycles. The average molecular weight is 245 g/mol. The van der Waals surface area contributed by atoms with E-state index >= 15 is 0 Å². The van der Waals surface area contributed by atoms with Crippen molar-refractivity contribution >= 4 is 15.1 Å². The second-order valence-electron chi connectivity index (χ2n) is 5.04. The first-order valence-electron chi connectivity index (χ1n) is 6.08. The Morgan fingerprint density at radius 3 is 2.75 bits per heavy atom. The van der Waals surface area contributed by atoms with Crippen molar-refractivity contribution in [3.63, 3.8) is 0 Å². The van der Waals surface area contributed by atoms with Crippen LogP contribution >= 0.6 is 7.29 Å². The van der Waals surface area contributed by atoms with Gasteiger partial charge in [-0.2, -0.15) is 0 Å². The molecule has 2 rings (SSSR count). The fourth-order valence-electron chi connectivity index (χ4n) is 2.66. The minimum atomic E-state index is -2.25. The molecule has 92 valence electrons. The van der Waals surface area contributed by atoms with Crippen molar-refractivity contribution in [2.24, 2.45) is 0 Å². The van der Waals surface area contributed by atoms with Gasteiger partial charge in [-0.3, -0.25) is 5.09 Å². The van der Waals surface area contributed by atoms with E-state index in [0.29, 0.717) is 12.8 Å². The van der Waals surface area contributed by atoms with Gasteiger partial charge in [-0.1, -0.05) is 13.8 Å². The first-order chi connectivity index (χ1) is 7.44. The topological polar surface area (TPSA) is 47.6 Å². The monoisotopic (exact) mass is 245 g/mol. The smallest absolute Gasteiger partial charge is 0.145 e. The third-order valence-corrected chi connectivity index (χ3v) is 5.94. The Kier molecular flexibility index (Phi) is 3.26. The summed E-state index contributed by atoms with van der Waals surface area (Å²) in [6.45, 7) is 6.48. The molecule has 6 heteroatoms. The van der Waals surface area contributed by atoms with E-state index in [9.17, 15) is 4.57 Å². The molecule has 2 unspecified atom stereocenters. The van der Waals surface area contributed by atoms with E-state index in [4.69, 9.17) is 9.47 Å². The first-order valence-corrected chi connectivity index (χ1v) is 8.42. The fourth-order valence-corrected chi connectivity index (χ4v) is 3.81. The molecule has 2 heterocycles. The Morgan fingerprint density at radius 1 is 1.56 bits per heavy atom. The minimum absolute atomic E-state index is 0.0553. The predicted molar refractivity (Wildman–Crippen MR) is 67.2 cm³/mol. The predicted octanol–water partition coefficient (Wildman–Crippen LogP) is 0.409. The van der Waals surface area contributed by atoms with Crippen molar-refractivity contribution < 1.29 is 14.0 Å². The van der Waals surface area contributed by atoms with Gasteiger partial charge >= 0.3 is 0 Å². The van der Waals surface area contributed by atoms with E-state index in [1.165, 1.54) is 0 Å². The third kappa shape index (κ3) is 1.88. The SMILES string of the molecule is B[C@@H]1O[C@@]2(CC)CO[C@H]1C2NP(C)(=O)CC. The fraction of sp³-hybridized carbons (Fsp3) is 1.00. The summed E-state index contributed by atoms with van der Waals surface area (Å²) in [5.74, 6) is 0. The molecule has 0 radical (unpaired) electrons. The maximum Gasteiger partial charge on any atom is 0.145 e. The van der Waals surface area contributed by atoms with Gasteiger partial charge < -0.3 is 14.0 Å². The second kappa shape index (κ2) is 4.13. The summed E-state index contributed by atoms with van der Waals surface area (Å²) >= 11 is 0. The van der Waals surface area contributed by atoms with Gasteiger partial charge in [-0.25, -0.2) is 0 Å². The molecule has 2 aliphatic rings. The molecule has 1 N–H and O–H groups in total. The molecule has 5 atom stereocenters. The molecule has 4 nitrogen and oxygen atoms in total. The number of hydrogen-bond acceptors (Lipinski definition) is 3. The van der Waals surface area contributed by atoms with Gasteiger partial charge in [0.2, 0.25) is 0 Å². The molecule has 0 amide bonds. The maximum absolute atomic E-state index is 12.2. The molecule has 2 aliphatic heterocycles. The van der Waals surface area contributed by atoms with E-state index in [2.05, 4.69) is 12.0 Å². The van der Waals surface area contributed by atoms with E-state index in [0.717, 1.165) is 6.42 Å². The van der Waals surface area contributed by atoms with Crippen molar-refractivity contribution in [1.82, 2.24) is 5.09 Å². The van der Waals surface area contributed by atoms with Crippen LogP contribution in [0.4, 0.5) is 0 Å². The minimum Gasteiger partial charge on any atom is -0.374 e. The number of nitrogens with one attached hydrogen (secondary N) is 1. The summed E-state index contributed by atoms with van der Waals surface area (Å²) in [4.78, 5) is 0. The van der Waals surface area contributed by atoms with Crippen molar-refractivity contribution in [1.29, 1.82) is 0 Å². The van der Waals surface area contributed by atoms with Crippen LogP contribution in [0.2, 0.25) is 0 Å². The van der Waals surface area contributed by atoms with Crippen LogP contribution in [-0.4, -0.2) is 51.0 Å². The second-order valence-corrected chi connectivity index (χ2v) is 8.13. The number of hydrogen-bond donors (Lipinski definition) is 1. The van der Waals surface area contributed by atoms with Gasteiger partial charge in [0.1, 0.15) is 20.7 Å². The van der Waals surface area contributed by atoms with E-state index in [1.54, 1.807) is 6.66 Å². The summed E-state index contributed by atoms with van der Waals surface area (Å²) in [7, 11) is -0.219. The van der Waals surface area contributed by atoms with E-state index in [1.807, 2.05) is 14.8 Å². The lowest BCUT2D eigenvalue weighted by atomic mass is 9.89. The molecule has 0 aromatic rings. The van der Waals surface area contributed by atoms with Crippen molar-refractivity contribution in [3.8, 4) is 0 Å². The van der Waals surface area contributed by atoms with Crippen LogP contribution in [0.5, 0.6) is 0 Å². The maximum atomic E-state index is 12.2. The lowest BCUT2D eigenvalue weighted by molar-refractivity contribution is -0.114. The van der Waals surface area contributed by atoms with Crippen LogP contribution < -0.4 is 5.09 Å². The quantitative estimate of drug-likeness (QED) is 0.575. The summed E-state index contributed by atoms with van der Waals surface area (Å²) in [6.07, 6.45) is 1.62. The number of ether oxygens (including phenoxy) is 2. The van der Waals surface area contributed by atoms with Crippen LogP contribution in [0.1, 0.15) is 20.3 Å². The Bertz CT molecular complexity index is 327. The van der Waals surface area contributed by atoms with Gasteiger partial charge in [-0.05, 0) is 6.42 Å². The van der Waals surface area contributed by atoms with Crippen LogP contribution in [0, 0.1) is 0 Å². The van der Waals surface area contributed by atoms with Crippen molar-refractivity contribution in [3.05, 3.63) is 0 Å². The van der Waals surface area contributed by atoms with Gasteiger partial charge in [0.15, 0.2) is 0 Å². The largest absolute Gasteiger partial charge is 0.374 e. The molecule has 0 saturated carbocycles. The van der Waals surface area contributed by atoms with Gasteiger partial charge in [0.05, 0.1) is 24.8 Å². The van der Waals surface area contributed by atoms with E-state index in [-0.39, 0.29) is 23.8 Å². The molecule has 0 aliphatic carbocycles. The van der Waals surface area contributed by atoms with Gasteiger partial charge in [0, 0.05) is 12.8 Å². The highest BCUT2D eigenvalue weighted by atomic mass is 31.2. The van der Waals surface area contributed by atoms with Crippen LogP contribution in [0.15, 0.2) is 0 Å². The molecule has 2 bridgehead atoms. The van der Waals surface area contributed by atoms with Gasteiger partial charge in [-0.15, -0.1) is 0 Å². The number of rotatable bonds is 4. The highest BCUT2D eigenvalue weighted by Gasteiger charge is 2.59. The van der Waals surface area contributed by atoms with Crippen LogP contribution in [0.25, 0.3) is 0 Å². The van der Waals surface area contributed by atoms with Crippen LogP contribution in [-0.2, 0) is 14.0 Å². The average Bonchev–Trinajstić information content (AvgIpc) is 2.70.